The lowest BCUT2D eigenvalue weighted by atomic mass is 10.1. The van der Waals surface area contributed by atoms with E-state index in [1.54, 1.807) is 13.0 Å². The Balaban J connectivity index is 1.96. The van der Waals surface area contributed by atoms with Crippen molar-refractivity contribution in [2.75, 3.05) is 32.6 Å². The van der Waals surface area contributed by atoms with Crippen molar-refractivity contribution >= 4 is 17.3 Å². The van der Waals surface area contributed by atoms with Gasteiger partial charge in [0.05, 0.1) is 18.6 Å². The Morgan fingerprint density at radius 1 is 1.31 bits per heavy atom. The van der Waals surface area contributed by atoms with Crippen LogP contribution in [0, 0.1) is 17.0 Å². The Labute approximate surface area is 169 Å². The van der Waals surface area contributed by atoms with E-state index in [0.29, 0.717) is 24.4 Å². The van der Waals surface area contributed by atoms with Crippen molar-refractivity contribution in [2.24, 2.45) is 0 Å². The summed E-state index contributed by atoms with van der Waals surface area (Å²) in [6.45, 7) is 6.50. The Morgan fingerprint density at radius 2 is 2.00 bits per heavy atom. The first kappa shape index (κ1) is 21.9. The second-order valence-electron chi connectivity index (χ2n) is 6.56. The molecule has 8 nitrogen and oxygen atoms in total. The number of methoxy groups -OCH3 is 1. The molecule has 0 bridgehead atoms. The number of likely N-dealkylation sites (N-methyl/N-ethyl adjacent to an activating group) is 1. The van der Waals surface area contributed by atoms with E-state index in [2.05, 4.69) is 11.9 Å². The third-order valence-electron chi connectivity index (χ3n) is 4.15. The fourth-order valence-corrected chi connectivity index (χ4v) is 2.76. The highest BCUT2D eigenvalue weighted by Crippen LogP contribution is 2.32. The zero-order valence-electron chi connectivity index (χ0n) is 16.8. The van der Waals surface area contributed by atoms with Gasteiger partial charge in [-0.05, 0) is 37.2 Å². The van der Waals surface area contributed by atoms with E-state index in [0.717, 1.165) is 11.3 Å². The number of aryl methyl sites for hydroxylation is 1. The molecule has 8 heteroatoms. The average molecular weight is 399 g/mol. The molecule has 0 radical (unpaired) electrons. The number of nitrogens with one attached hydrogen (secondary N) is 1. The molecule has 0 aliphatic rings. The summed E-state index contributed by atoms with van der Waals surface area (Å²) in [5, 5.41) is 13.9. The van der Waals surface area contributed by atoms with E-state index in [9.17, 15) is 14.9 Å². The zero-order valence-corrected chi connectivity index (χ0v) is 16.8. The number of carbonyl (C=O) groups is 1. The first-order valence-electron chi connectivity index (χ1n) is 8.98. The van der Waals surface area contributed by atoms with Crippen LogP contribution < -0.4 is 14.8 Å². The van der Waals surface area contributed by atoms with E-state index < -0.39 is 4.92 Å². The number of carbonyl (C=O) groups excluding carboxylic acids is 1. The number of rotatable bonds is 10. The molecule has 0 aromatic heterocycles. The van der Waals surface area contributed by atoms with Crippen LogP contribution in [-0.4, -0.2) is 43.0 Å². The van der Waals surface area contributed by atoms with Crippen LogP contribution in [-0.2, 0) is 11.3 Å². The average Bonchev–Trinajstić information content (AvgIpc) is 2.68. The van der Waals surface area contributed by atoms with Gasteiger partial charge < -0.3 is 14.8 Å². The van der Waals surface area contributed by atoms with Crippen molar-refractivity contribution in [2.45, 2.75) is 13.5 Å². The van der Waals surface area contributed by atoms with Crippen LogP contribution in [0.1, 0.15) is 11.1 Å². The summed E-state index contributed by atoms with van der Waals surface area (Å²) >= 11 is 0. The summed E-state index contributed by atoms with van der Waals surface area (Å²) in [7, 11) is 3.19. The van der Waals surface area contributed by atoms with Gasteiger partial charge in [0, 0.05) is 24.4 Å². The van der Waals surface area contributed by atoms with Gasteiger partial charge >= 0.3 is 5.69 Å². The van der Waals surface area contributed by atoms with Gasteiger partial charge in [0.25, 0.3) is 0 Å². The largest absolute Gasteiger partial charge is 0.490 e. The summed E-state index contributed by atoms with van der Waals surface area (Å²) < 4.78 is 10.5. The molecule has 29 heavy (non-hydrogen) atoms. The van der Waals surface area contributed by atoms with Crippen molar-refractivity contribution in [1.29, 1.82) is 0 Å². The number of hydrogen-bond donors (Lipinski definition) is 1. The molecule has 0 aliphatic heterocycles. The first-order chi connectivity index (χ1) is 13.8. The monoisotopic (exact) mass is 399 g/mol. The summed E-state index contributed by atoms with van der Waals surface area (Å²) in [6.07, 6.45) is 1.68. The summed E-state index contributed by atoms with van der Waals surface area (Å²) in [5.74, 6) is 0.636. The van der Waals surface area contributed by atoms with Crippen molar-refractivity contribution in [1.82, 2.24) is 4.90 Å². The van der Waals surface area contributed by atoms with Crippen LogP contribution >= 0.6 is 0 Å². The molecular weight excluding hydrogens is 374 g/mol. The molecule has 2 aromatic rings. The van der Waals surface area contributed by atoms with Gasteiger partial charge in [0.2, 0.25) is 5.91 Å². The fourth-order valence-electron chi connectivity index (χ4n) is 2.76. The number of benzene rings is 2. The topological polar surface area (TPSA) is 93.9 Å². The van der Waals surface area contributed by atoms with Crippen LogP contribution in [0.2, 0.25) is 0 Å². The lowest BCUT2D eigenvalue weighted by Gasteiger charge is -2.17. The molecule has 2 rings (SSSR count). The molecule has 0 atom stereocenters. The lowest BCUT2D eigenvalue weighted by Crippen LogP contribution is -2.30. The maximum absolute atomic E-state index is 12.4. The minimum absolute atomic E-state index is 0.100. The number of amides is 1. The predicted molar refractivity (Wildman–Crippen MR) is 111 cm³/mol. The van der Waals surface area contributed by atoms with Crippen LogP contribution in [0.4, 0.5) is 11.4 Å². The lowest BCUT2D eigenvalue weighted by molar-refractivity contribution is -0.385. The number of nitro benzene ring substituents is 1. The SMILES string of the molecule is C=CCOc1ccc(CN(C)CC(=O)Nc2cc(OC)c([N+](=O)[O-])cc2C)cc1. The molecule has 0 spiro atoms. The second kappa shape index (κ2) is 10.2. The van der Waals surface area contributed by atoms with Gasteiger partial charge in [0.15, 0.2) is 5.75 Å². The molecular formula is C21H25N3O5. The summed E-state index contributed by atoms with van der Waals surface area (Å²) in [5.41, 5.74) is 1.97. The highest BCUT2D eigenvalue weighted by molar-refractivity contribution is 5.93. The smallest absolute Gasteiger partial charge is 0.311 e. The van der Waals surface area contributed by atoms with E-state index in [4.69, 9.17) is 9.47 Å². The highest BCUT2D eigenvalue weighted by atomic mass is 16.6. The number of anilines is 1. The maximum Gasteiger partial charge on any atom is 0.311 e. The minimum Gasteiger partial charge on any atom is -0.490 e. The quantitative estimate of drug-likeness (QED) is 0.373. The van der Waals surface area contributed by atoms with Gasteiger partial charge in [-0.1, -0.05) is 24.8 Å². The highest BCUT2D eigenvalue weighted by Gasteiger charge is 2.18. The van der Waals surface area contributed by atoms with E-state index >= 15 is 0 Å². The van der Waals surface area contributed by atoms with Gasteiger partial charge in [-0.25, -0.2) is 0 Å². The third kappa shape index (κ3) is 6.32. The molecule has 1 amide bonds. The Hall–Kier alpha value is -3.39. The predicted octanol–water partition coefficient (Wildman–Crippen LogP) is 3.55. The number of hydrogen-bond acceptors (Lipinski definition) is 6. The van der Waals surface area contributed by atoms with Crippen molar-refractivity contribution < 1.29 is 19.2 Å². The third-order valence-corrected chi connectivity index (χ3v) is 4.15. The first-order valence-corrected chi connectivity index (χ1v) is 8.98. The Morgan fingerprint density at radius 3 is 2.59 bits per heavy atom. The van der Waals surface area contributed by atoms with Crippen LogP contribution in [0.5, 0.6) is 11.5 Å². The van der Waals surface area contributed by atoms with Gasteiger partial charge in [-0.2, -0.15) is 0 Å². The van der Waals surface area contributed by atoms with Gasteiger partial charge in [-0.3, -0.25) is 19.8 Å². The maximum atomic E-state index is 12.4. The van der Waals surface area contributed by atoms with E-state index in [1.807, 2.05) is 36.2 Å². The van der Waals surface area contributed by atoms with Crippen molar-refractivity contribution in [3.63, 3.8) is 0 Å². The molecule has 0 heterocycles. The van der Waals surface area contributed by atoms with Gasteiger partial charge in [-0.15, -0.1) is 0 Å². The summed E-state index contributed by atoms with van der Waals surface area (Å²) in [4.78, 5) is 24.8. The number of nitrogens with zero attached hydrogens (tertiary/aromatic N) is 2. The van der Waals surface area contributed by atoms with E-state index in [1.165, 1.54) is 19.2 Å². The molecule has 0 aliphatic carbocycles. The Kier molecular flexibility index (Phi) is 7.73. The molecule has 2 aromatic carbocycles. The Bertz CT molecular complexity index is 881. The molecule has 0 saturated heterocycles. The van der Waals surface area contributed by atoms with E-state index in [-0.39, 0.29) is 23.9 Å². The minimum atomic E-state index is -0.515. The molecule has 154 valence electrons. The van der Waals surface area contributed by atoms with Crippen LogP contribution in [0.25, 0.3) is 0 Å². The molecule has 0 fully saturated rings. The van der Waals surface area contributed by atoms with Crippen molar-refractivity contribution in [3.05, 3.63) is 70.3 Å². The number of ether oxygens (including phenoxy) is 2. The van der Waals surface area contributed by atoms with Crippen LogP contribution in [0.3, 0.4) is 0 Å². The molecule has 1 N–H and O–H groups in total. The normalized spacial score (nSPS) is 10.5. The van der Waals surface area contributed by atoms with Gasteiger partial charge in [0.1, 0.15) is 12.4 Å². The second-order valence-corrected chi connectivity index (χ2v) is 6.56. The summed E-state index contributed by atoms with van der Waals surface area (Å²) in [6, 6.07) is 10.5. The fraction of sp³-hybridized carbons (Fsp3) is 0.286. The van der Waals surface area contributed by atoms with Crippen molar-refractivity contribution in [3.8, 4) is 11.5 Å². The zero-order chi connectivity index (χ0) is 21.4. The standard InChI is InChI=1S/C21H25N3O5/c1-5-10-29-17-8-6-16(7-9-17)13-23(3)14-21(25)22-18-12-20(28-4)19(24(26)27)11-15(18)2/h5-9,11-12H,1,10,13-14H2,2-4H3,(H,22,25). The molecule has 0 saturated carbocycles. The van der Waals surface area contributed by atoms with Crippen LogP contribution in [0.15, 0.2) is 49.1 Å². The molecule has 0 unspecified atom stereocenters. The number of nitro groups is 1.